The lowest BCUT2D eigenvalue weighted by molar-refractivity contribution is 0.624. The van der Waals surface area contributed by atoms with Crippen molar-refractivity contribution in [3.63, 3.8) is 0 Å². The van der Waals surface area contributed by atoms with E-state index in [0.717, 1.165) is 24.4 Å². The van der Waals surface area contributed by atoms with Crippen molar-refractivity contribution in [2.45, 2.75) is 19.5 Å². The predicted molar refractivity (Wildman–Crippen MR) is 121 cm³/mol. The highest BCUT2D eigenvalue weighted by molar-refractivity contribution is 14.0. The van der Waals surface area contributed by atoms with Gasteiger partial charge in [-0.05, 0) is 23.3 Å². The Morgan fingerprint density at radius 1 is 1.07 bits per heavy atom. The highest BCUT2D eigenvalue weighted by atomic mass is 127. The molecule has 2 N–H and O–H groups in total. The first-order chi connectivity index (χ1) is 13.2. The molecule has 0 radical (unpaired) electrons. The zero-order valence-electron chi connectivity index (χ0n) is 15.8. The lowest BCUT2D eigenvalue weighted by Crippen LogP contribution is -2.38. The van der Waals surface area contributed by atoms with Crippen molar-refractivity contribution < 1.29 is 4.39 Å². The molecule has 1 aromatic heterocycles. The van der Waals surface area contributed by atoms with Crippen LogP contribution in [-0.2, 0) is 19.5 Å². The van der Waals surface area contributed by atoms with Crippen LogP contribution >= 0.6 is 24.0 Å². The third-order valence-corrected chi connectivity index (χ3v) is 4.21. The van der Waals surface area contributed by atoms with E-state index in [1.165, 1.54) is 17.7 Å². The van der Waals surface area contributed by atoms with Gasteiger partial charge in [0.05, 0.1) is 0 Å². The molecule has 0 bridgehead atoms. The number of halogens is 2. The smallest absolute Gasteiger partial charge is 0.191 e. The third kappa shape index (κ3) is 6.63. The van der Waals surface area contributed by atoms with E-state index in [1.807, 2.05) is 36.7 Å². The number of imidazole rings is 1. The van der Waals surface area contributed by atoms with Crippen LogP contribution in [0.5, 0.6) is 0 Å². The van der Waals surface area contributed by atoms with Gasteiger partial charge in [0.2, 0.25) is 0 Å². The summed E-state index contributed by atoms with van der Waals surface area (Å²) in [6, 6.07) is 16.9. The van der Waals surface area contributed by atoms with E-state index in [2.05, 4.69) is 37.3 Å². The fourth-order valence-corrected chi connectivity index (χ4v) is 2.84. The lowest BCUT2D eigenvalue weighted by Gasteiger charge is -2.13. The molecule has 0 aliphatic carbocycles. The van der Waals surface area contributed by atoms with Gasteiger partial charge in [0.15, 0.2) is 5.96 Å². The average molecular weight is 493 g/mol. The molecule has 2 aromatic carbocycles. The Hall–Kier alpha value is -2.42. The molecular weight excluding hydrogens is 468 g/mol. The van der Waals surface area contributed by atoms with Crippen molar-refractivity contribution in [2.75, 3.05) is 13.6 Å². The number of rotatable bonds is 7. The zero-order chi connectivity index (χ0) is 18.9. The molecule has 28 heavy (non-hydrogen) atoms. The summed E-state index contributed by atoms with van der Waals surface area (Å²) in [5, 5.41) is 6.47. The number of hydrogen-bond donors (Lipinski definition) is 2. The fraction of sp³-hybridized carbons (Fsp3) is 0.238. The van der Waals surface area contributed by atoms with E-state index in [1.54, 1.807) is 13.1 Å². The summed E-state index contributed by atoms with van der Waals surface area (Å²) in [5.41, 5.74) is 2.12. The van der Waals surface area contributed by atoms with Gasteiger partial charge in [-0.25, -0.2) is 9.37 Å². The minimum Gasteiger partial charge on any atom is -0.356 e. The van der Waals surface area contributed by atoms with Gasteiger partial charge in [0.25, 0.3) is 0 Å². The van der Waals surface area contributed by atoms with Crippen LogP contribution in [0.2, 0.25) is 0 Å². The summed E-state index contributed by atoms with van der Waals surface area (Å²) in [6.07, 6.45) is 4.61. The minimum absolute atomic E-state index is 0. The Bertz CT molecular complexity index is 879. The predicted octanol–water partition coefficient (Wildman–Crippen LogP) is 3.60. The van der Waals surface area contributed by atoms with Gasteiger partial charge in [0.1, 0.15) is 11.6 Å². The maximum atomic E-state index is 13.2. The molecule has 148 valence electrons. The van der Waals surface area contributed by atoms with Crippen LogP contribution < -0.4 is 10.6 Å². The van der Waals surface area contributed by atoms with Crippen molar-refractivity contribution in [3.05, 3.63) is 89.8 Å². The molecule has 7 heteroatoms. The molecule has 0 unspecified atom stereocenters. The molecule has 3 rings (SSSR count). The normalized spacial score (nSPS) is 11.0. The van der Waals surface area contributed by atoms with Gasteiger partial charge >= 0.3 is 0 Å². The maximum absolute atomic E-state index is 13.2. The van der Waals surface area contributed by atoms with Gasteiger partial charge in [-0.2, -0.15) is 0 Å². The topological polar surface area (TPSA) is 54.2 Å². The second-order valence-electron chi connectivity index (χ2n) is 6.19. The molecule has 0 fully saturated rings. The Kier molecular flexibility index (Phi) is 8.93. The SMILES string of the molecule is CN=C(NCCc1nccn1Cc1ccccc1)NCc1cccc(F)c1.I. The number of hydrogen-bond acceptors (Lipinski definition) is 2. The van der Waals surface area contributed by atoms with E-state index in [4.69, 9.17) is 0 Å². The summed E-state index contributed by atoms with van der Waals surface area (Å²) in [6.45, 7) is 2.03. The first kappa shape index (κ1) is 21.9. The van der Waals surface area contributed by atoms with Crippen LogP contribution in [0.1, 0.15) is 17.0 Å². The van der Waals surface area contributed by atoms with Gasteiger partial charge in [-0.15, -0.1) is 24.0 Å². The highest BCUT2D eigenvalue weighted by Gasteiger charge is 2.05. The Balaban J connectivity index is 0.00000280. The van der Waals surface area contributed by atoms with E-state index in [9.17, 15) is 4.39 Å². The average Bonchev–Trinajstić information content (AvgIpc) is 3.12. The molecular formula is C21H25FIN5. The van der Waals surface area contributed by atoms with Crippen molar-refractivity contribution in [1.82, 2.24) is 20.2 Å². The summed E-state index contributed by atoms with van der Waals surface area (Å²) in [5.74, 6) is 1.47. The maximum Gasteiger partial charge on any atom is 0.191 e. The Morgan fingerprint density at radius 2 is 1.86 bits per heavy atom. The molecule has 0 saturated heterocycles. The Morgan fingerprint density at radius 3 is 2.61 bits per heavy atom. The van der Waals surface area contributed by atoms with Crippen LogP contribution in [0.15, 0.2) is 72.0 Å². The van der Waals surface area contributed by atoms with E-state index in [-0.39, 0.29) is 29.8 Å². The van der Waals surface area contributed by atoms with Gasteiger partial charge in [-0.1, -0.05) is 42.5 Å². The van der Waals surface area contributed by atoms with Crippen LogP contribution in [-0.4, -0.2) is 29.1 Å². The Labute approximate surface area is 182 Å². The summed E-state index contributed by atoms with van der Waals surface area (Å²) >= 11 is 0. The number of aromatic nitrogens is 2. The second kappa shape index (κ2) is 11.4. The molecule has 0 aliphatic heterocycles. The number of nitrogens with zero attached hydrogens (tertiary/aromatic N) is 3. The monoisotopic (exact) mass is 493 g/mol. The quantitative estimate of drug-likeness (QED) is 0.301. The number of benzene rings is 2. The zero-order valence-corrected chi connectivity index (χ0v) is 18.1. The first-order valence-electron chi connectivity index (χ1n) is 8.97. The molecule has 0 saturated carbocycles. The lowest BCUT2D eigenvalue weighted by atomic mass is 10.2. The minimum atomic E-state index is -0.234. The standard InChI is InChI=1S/C21H24FN5.HI/c1-23-21(26-15-18-8-5-9-19(22)14-18)25-11-10-20-24-12-13-27(20)16-17-6-3-2-4-7-17;/h2-9,12-14H,10-11,15-16H2,1H3,(H2,23,25,26);1H. The van der Waals surface area contributed by atoms with E-state index in [0.29, 0.717) is 19.0 Å². The molecule has 1 heterocycles. The van der Waals surface area contributed by atoms with E-state index >= 15 is 0 Å². The molecule has 3 aromatic rings. The summed E-state index contributed by atoms with van der Waals surface area (Å²) < 4.78 is 15.4. The number of aliphatic imine (C=N–C) groups is 1. The summed E-state index contributed by atoms with van der Waals surface area (Å²) in [4.78, 5) is 8.67. The molecule has 0 amide bonds. The van der Waals surface area contributed by atoms with Crippen LogP contribution in [0.25, 0.3) is 0 Å². The first-order valence-corrected chi connectivity index (χ1v) is 8.97. The van der Waals surface area contributed by atoms with Crippen molar-refractivity contribution >= 4 is 29.9 Å². The van der Waals surface area contributed by atoms with Crippen molar-refractivity contribution in [1.29, 1.82) is 0 Å². The number of guanidine groups is 1. The van der Waals surface area contributed by atoms with E-state index < -0.39 is 0 Å². The fourth-order valence-electron chi connectivity index (χ4n) is 2.84. The third-order valence-electron chi connectivity index (χ3n) is 4.21. The second-order valence-corrected chi connectivity index (χ2v) is 6.19. The molecule has 0 aliphatic rings. The van der Waals surface area contributed by atoms with Crippen molar-refractivity contribution in [2.24, 2.45) is 4.99 Å². The van der Waals surface area contributed by atoms with Crippen molar-refractivity contribution in [3.8, 4) is 0 Å². The highest BCUT2D eigenvalue weighted by Crippen LogP contribution is 2.06. The van der Waals surface area contributed by atoms with Crippen LogP contribution in [0.4, 0.5) is 4.39 Å². The van der Waals surface area contributed by atoms with Gasteiger partial charge in [-0.3, -0.25) is 4.99 Å². The number of nitrogens with one attached hydrogen (secondary N) is 2. The largest absolute Gasteiger partial charge is 0.356 e. The van der Waals surface area contributed by atoms with Crippen LogP contribution in [0, 0.1) is 5.82 Å². The molecule has 5 nitrogen and oxygen atoms in total. The van der Waals surface area contributed by atoms with Gasteiger partial charge < -0.3 is 15.2 Å². The summed E-state index contributed by atoms with van der Waals surface area (Å²) in [7, 11) is 1.72. The molecule has 0 spiro atoms. The van der Waals surface area contributed by atoms with Crippen LogP contribution in [0.3, 0.4) is 0 Å². The molecule has 0 atom stereocenters. The van der Waals surface area contributed by atoms with Gasteiger partial charge in [0, 0.05) is 45.5 Å².